The van der Waals surface area contributed by atoms with E-state index < -0.39 is 11.4 Å². The molecule has 0 amide bonds. The van der Waals surface area contributed by atoms with Gasteiger partial charge in [-0.2, -0.15) is 0 Å². The van der Waals surface area contributed by atoms with Crippen LogP contribution in [0.3, 0.4) is 0 Å². The summed E-state index contributed by atoms with van der Waals surface area (Å²) >= 11 is 0. The number of carboxylic acid groups (broad SMARTS) is 1. The van der Waals surface area contributed by atoms with Gasteiger partial charge >= 0.3 is 5.97 Å². The molecule has 0 saturated heterocycles. The molecule has 71 heavy (non-hydrogen) atoms. The third-order valence-electron chi connectivity index (χ3n) is 12.4. The highest BCUT2D eigenvalue weighted by molar-refractivity contribution is 5.94. The van der Waals surface area contributed by atoms with Gasteiger partial charge in [-0.15, -0.1) is 0 Å². The maximum Gasteiger partial charge on any atom is 0.339 e. The summed E-state index contributed by atoms with van der Waals surface area (Å²) in [6, 6.07) is 20.1. The molecular weight excluding hydrogens is 917 g/mol. The van der Waals surface area contributed by atoms with Crippen LogP contribution in [0, 0.1) is 0 Å². The van der Waals surface area contributed by atoms with Gasteiger partial charge in [-0.05, 0) is 79.6 Å². The van der Waals surface area contributed by atoms with Crippen LogP contribution in [0.2, 0.25) is 0 Å². The molecule has 0 aromatic heterocycles. The lowest BCUT2D eigenvalue weighted by molar-refractivity contribution is -0.120. The first-order valence-corrected chi connectivity index (χ1v) is 24.5. The molecule has 0 bridgehead atoms. The molecule has 7 rings (SSSR count). The smallest absolute Gasteiger partial charge is 0.339 e. The van der Waals surface area contributed by atoms with E-state index in [1.54, 1.807) is 12.1 Å². The van der Waals surface area contributed by atoms with E-state index in [0.29, 0.717) is 96.9 Å². The van der Waals surface area contributed by atoms with Crippen LogP contribution in [-0.4, -0.2) is 150 Å². The van der Waals surface area contributed by atoms with Crippen LogP contribution >= 0.6 is 0 Å². The van der Waals surface area contributed by atoms with Gasteiger partial charge < -0.3 is 66.7 Å². The minimum atomic E-state index is -1.33. The highest BCUT2D eigenvalue weighted by Gasteiger charge is 2.49. The third kappa shape index (κ3) is 13.4. The number of hydrogen-bond donors (Lipinski definition) is 1. The van der Waals surface area contributed by atoms with Gasteiger partial charge in [0, 0.05) is 0 Å². The molecular formula is C55H70O16. The van der Waals surface area contributed by atoms with Gasteiger partial charge in [0.15, 0.2) is 23.0 Å². The maximum atomic E-state index is 13.8. The highest BCUT2D eigenvalue weighted by Crippen LogP contribution is 2.60. The van der Waals surface area contributed by atoms with Crippen LogP contribution < -0.4 is 23.7 Å². The van der Waals surface area contributed by atoms with Crippen LogP contribution in [0.15, 0.2) is 60.7 Å². The Hall–Kier alpha value is -5.30. The number of aromatic carboxylic acids is 1. The molecule has 0 radical (unpaired) electrons. The second kappa shape index (κ2) is 25.4. The minimum absolute atomic E-state index is 0.0282. The lowest BCUT2D eigenvalue weighted by Crippen LogP contribution is -2.31. The first-order valence-electron chi connectivity index (χ1n) is 24.5. The van der Waals surface area contributed by atoms with Crippen LogP contribution in [0.1, 0.15) is 85.3 Å². The number of carbonyl (C=O) groups is 2. The number of fused-ring (bicyclic) bond motifs is 5. The van der Waals surface area contributed by atoms with Gasteiger partial charge in [-0.1, -0.05) is 77.9 Å². The lowest BCUT2D eigenvalue weighted by Gasteiger charge is -2.36. The number of hydrogen-bond acceptors (Lipinski definition) is 15. The molecule has 4 aromatic rings. The molecule has 16 nitrogen and oxygen atoms in total. The summed E-state index contributed by atoms with van der Waals surface area (Å²) in [4.78, 5) is 26.3. The van der Waals surface area contributed by atoms with Gasteiger partial charge in [0.25, 0.3) is 6.47 Å². The molecule has 1 aliphatic carbocycles. The van der Waals surface area contributed by atoms with Gasteiger partial charge in [0.05, 0.1) is 111 Å². The minimum Gasteiger partial charge on any atom is -0.487 e. The first-order chi connectivity index (χ1) is 34.3. The van der Waals surface area contributed by atoms with Crippen molar-refractivity contribution in [1.29, 1.82) is 0 Å². The van der Waals surface area contributed by atoms with E-state index in [0.717, 1.165) is 33.4 Å². The third-order valence-corrected chi connectivity index (χ3v) is 12.4. The summed E-state index contributed by atoms with van der Waals surface area (Å²) in [7, 11) is 0. The van der Waals surface area contributed by atoms with Crippen molar-refractivity contribution in [3.63, 3.8) is 0 Å². The highest BCUT2D eigenvalue weighted by atomic mass is 16.6. The second-order valence-corrected chi connectivity index (χ2v) is 19.2. The van der Waals surface area contributed by atoms with E-state index in [1.165, 1.54) is 0 Å². The first kappa shape index (κ1) is 53.5. The molecule has 1 N–H and O–H groups in total. The van der Waals surface area contributed by atoms with E-state index in [2.05, 4.69) is 77.9 Å². The molecule has 2 heterocycles. The summed E-state index contributed by atoms with van der Waals surface area (Å²) in [6.45, 7) is 18.7. The summed E-state index contributed by atoms with van der Waals surface area (Å²) < 4.78 is 77.7. The quantitative estimate of drug-likeness (QED) is 0.171. The zero-order chi connectivity index (χ0) is 50.3. The Balaban J connectivity index is 1.50. The fourth-order valence-corrected chi connectivity index (χ4v) is 8.81. The van der Waals surface area contributed by atoms with E-state index in [-0.39, 0.29) is 98.0 Å². The van der Waals surface area contributed by atoms with Crippen LogP contribution in [0.25, 0.3) is 11.1 Å². The molecule has 4 aromatic carbocycles. The Morgan fingerprint density at radius 1 is 0.479 bits per heavy atom. The van der Waals surface area contributed by atoms with Gasteiger partial charge in [-0.25, -0.2) is 4.79 Å². The summed E-state index contributed by atoms with van der Waals surface area (Å²) in [5, 5.41) is 11.2. The molecule has 0 fully saturated rings. The average Bonchev–Trinajstić information content (AvgIpc) is 3.63. The van der Waals surface area contributed by atoms with Crippen molar-refractivity contribution < 1.29 is 76.3 Å². The van der Waals surface area contributed by atoms with Gasteiger partial charge in [0.1, 0.15) is 32.0 Å². The molecule has 0 atom stereocenters. The molecule has 0 unspecified atom stereocenters. The largest absolute Gasteiger partial charge is 0.487 e. The molecule has 0 spiro atoms. The Bertz CT molecular complexity index is 2320. The lowest BCUT2D eigenvalue weighted by atomic mass is 9.66. The number of ether oxygens (including phenoxy) is 13. The normalized spacial score (nSPS) is 18.6. The van der Waals surface area contributed by atoms with Crippen LogP contribution in [0.4, 0.5) is 0 Å². The van der Waals surface area contributed by atoms with Gasteiger partial charge in [-0.3, -0.25) is 4.79 Å². The topological polar surface area (TPSA) is 174 Å². The predicted molar refractivity (Wildman–Crippen MR) is 263 cm³/mol. The van der Waals surface area contributed by atoms with Gasteiger partial charge in [0.2, 0.25) is 5.75 Å². The van der Waals surface area contributed by atoms with Crippen molar-refractivity contribution in [3.8, 4) is 39.9 Å². The monoisotopic (exact) mass is 986 g/mol. The molecule has 0 saturated carbocycles. The molecule has 16 heteroatoms. The molecule has 2 aliphatic heterocycles. The van der Waals surface area contributed by atoms with E-state index in [9.17, 15) is 14.7 Å². The summed E-state index contributed by atoms with van der Waals surface area (Å²) in [5.41, 5.74) is 4.72. The van der Waals surface area contributed by atoms with Crippen molar-refractivity contribution in [2.75, 3.05) is 132 Å². The SMILES string of the molecule is CC(C)(C)c1ccc2c(c1)C(c1cc(OC=O)c3c(c1)OCCOCCOCCOCCOCCO3)(c1cc3c(c(C(=O)O)c1)OCCOCCOCCOCCOCCO3)c1cc(C(C)(C)C)ccc1-2. The Morgan fingerprint density at radius 3 is 1.21 bits per heavy atom. The van der Waals surface area contributed by atoms with Crippen molar-refractivity contribution in [1.82, 2.24) is 0 Å². The average molecular weight is 987 g/mol. The van der Waals surface area contributed by atoms with E-state index >= 15 is 0 Å². The number of carbonyl (C=O) groups excluding carboxylic acids is 1. The fourth-order valence-electron chi connectivity index (χ4n) is 8.81. The van der Waals surface area contributed by atoms with Crippen LogP contribution in [0.5, 0.6) is 28.7 Å². The summed E-state index contributed by atoms with van der Waals surface area (Å²) in [5.74, 6) is -0.500. The standard InChI is InChI=1S/C55H70O16/c1-53(2,3)38-7-9-42-43-10-8-39(54(4,5)6)33-46(43)55(45(42)32-38,40-31-44(52(57)58)50-47(34-40)67-27-23-63-19-15-59-11-13-61-17-21-65-25-29-69-50)41-35-48-51(49(36-41)71-37-56)70-30-26-66-22-18-62-14-12-60-16-20-64-24-28-68-48/h7-10,31-37H,11-30H2,1-6H3,(H,57,58). The van der Waals surface area contributed by atoms with Crippen LogP contribution in [-0.2, 0) is 58.9 Å². The van der Waals surface area contributed by atoms with Crippen molar-refractivity contribution in [2.45, 2.75) is 57.8 Å². The van der Waals surface area contributed by atoms with Crippen molar-refractivity contribution in [3.05, 3.63) is 99.6 Å². The Morgan fingerprint density at radius 2 is 0.831 bits per heavy atom. The summed E-state index contributed by atoms with van der Waals surface area (Å²) in [6.07, 6.45) is 0. The molecule has 386 valence electrons. The second-order valence-electron chi connectivity index (χ2n) is 19.2. The number of rotatable bonds is 5. The number of benzene rings is 4. The zero-order valence-corrected chi connectivity index (χ0v) is 42.1. The van der Waals surface area contributed by atoms with E-state index in [4.69, 9.17) is 61.6 Å². The Kier molecular flexibility index (Phi) is 19.1. The Labute approximate surface area is 416 Å². The predicted octanol–water partition coefficient (Wildman–Crippen LogP) is 7.55. The fraction of sp³-hybridized carbons (Fsp3) is 0.527. The molecule has 3 aliphatic rings. The maximum absolute atomic E-state index is 13.8. The van der Waals surface area contributed by atoms with E-state index in [1.807, 2.05) is 12.1 Å². The zero-order valence-electron chi connectivity index (χ0n) is 42.1. The number of carboxylic acids is 1. The van der Waals surface area contributed by atoms with Crippen molar-refractivity contribution >= 4 is 12.4 Å². The van der Waals surface area contributed by atoms with Crippen molar-refractivity contribution in [2.24, 2.45) is 0 Å².